The number of hydrogen-bond acceptors (Lipinski definition) is 3. The van der Waals surface area contributed by atoms with E-state index in [1.807, 2.05) is 19.1 Å². The van der Waals surface area contributed by atoms with E-state index < -0.39 is 5.91 Å². The van der Waals surface area contributed by atoms with Crippen molar-refractivity contribution >= 4 is 23.2 Å². The number of nitrogens with two attached hydrogens (primary N) is 2. The van der Waals surface area contributed by atoms with Gasteiger partial charge in [-0.2, -0.15) is 0 Å². The molecule has 2 aromatic rings. The maximum Gasteiger partial charge on any atom is 0.248 e. The van der Waals surface area contributed by atoms with Crippen molar-refractivity contribution in [2.75, 3.05) is 5.73 Å². The van der Waals surface area contributed by atoms with Gasteiger partial charge in [-0.05, 0) is 42.8 Å². The Balaban J connectivity index is 2.33. The minimum Gasteiger partial charge on any atom is -0.454 e. The van der Waals surface area contributed by atoms with Crippen molar-refractivity contribution in [3.8, 4) is 11.5 Å². The van der Waals surface area contributed by atoms with Gasteiger partial charge in [-0.1, -0.05) is 17.7 Å². The predicted octanol–water partition coefficient (Wildman–Crippen LogP) is 3.12. The first-order valence-corrected chi connectivity index (χ1v) is 5.98. The van der Waals surface area contributed by atoms with Crippen LogP contribution in [-0.2, 0) is 0 Å². The lowest BCUT2D eigenvalue weighted by Crippen LogP contribution is -2.11. The summed E-state index contributed by atoms with van der Waals surface area (Å²) in [6, 6.07) is 10.1. The Bertz CT molecular complexity index is 641. The van der Waals surface area contributed by atoms with Crippen LogP contribution in [0.2, 0.25) is 5.02 Å². The molecule has 0 aliphatic heterocycles. The number of ether oxygens (including phenoxy) is 1. The average molecular weight is 277 g/mol. The Morgan fingerprint density at radius 3 is 2.53 bits per heavy atom. The molecular weight excluding hydrogens is 264 g/mol. The number of amides is 1. The van der Waals surface area contributed by atoms with Crippen LogP contribution in [0.15, 0.2) is 36.4 Å². The van der Waals surface area contributed by atoms with E-state index in [0.29, 0.717) is 27.8 Å². The van der Waals surface area contributed by atoms with E-state index in [1.165, 1.54) is 6.07 Å². The number of rotatable bonds is 3. The monoisotopic (exact) mass is 276 g/mol. The van der Waals surface area contributed by atoms with Crippen molar-refractivity contribution in [2.24, 2.45) is 5.73 Å². The van der Waals surface area contributed by atoms with Gasteiger partial charge in [0.05, 0.1) is 10.7 Å². The third kappa shape index (κ3) is 2.98. The van der Waals surface area contributed by atoms with Crippen LogP contribution in [0, 0.1) is 6.92 Å². The molecule has 0 spiro atoms. The molecule has 0 unspecified atom stereocenters. The predicted molar refractivity (Wildman–Crippen MR) is 75.6 cm³/mol. The van der Waals surface area contributed by atoms with Gasteiger partial charge in [-0.3, -0.25) is 4.79 Å². The Hall–Kier alpha value is -2.20. The summed E-state index contributed by atoms with van der Waals surface area (Å²) in [6.07, 6.45) is 0. The number of benzene rings is 2. The van der Waals surface area contributed by atoms with E-state index >= 15 is 0 Å². The van der Waals surface area contributed by atoms with E-state index in [0.717, 1.165) is 5.56 Å². The number of carbonyl (C=O) groups excluding carboxylic acids is 1. The summed E-state index contributed by atoms with van der Waals surface area (Å²) in [7, 11) is 0. The number of anilines is 1. The van der Waals surface area contributed by atoms with Gasteiger partial charge in [0, 0.05) is 5.56 Å². The standard InChI is InChI=1S/C14H13ClN2O2/c1-8-2-4-10(15)13(6-8)19-12-5-3-9(14(17)18)7-11(12)16/h2-7H,16H2,1H3,(H2,17,18). The SMILES string of the molecule is Cc1ccc(Cl)c(Oc2ccc(C(N)=O)cc2N)c1. The molecule has 5 heteroatoms. The summed E-state index contributed by atoms with van der Waals surface area (Å²) in [5, 5.41) is 0.490. The molecule has 0 bridgehead atoms. The van der Waals surface area contributed by atoms with Gasteiger partial charge in [-0.25, -0.2) is 0 Å². The van der Waals surface area contributed by atoms with E-state index in [4.69, 9.17) is 27.8 Å². The van der Waals surface area contributed by atoms with Crippen LogP contribution in [-0.4, -0.2) is 5.91 Å². The lowest BCUT2D eigenvalue weighted by molar-refractivity contribution is 0.100. The molecule has 19 heavy (non-hydrogen) atoms. The number of halogens is 1. The minimum atomic E-state index is -0.535. The summed E-state index contributed by atoms with van der Waals surface area (Å²) in [5.41, 5.74) is 12.7. The van der Waals surface area contributed by atoms with Crippen molar-refractivity contribution in [1.29, 1.82) is 0 Å². The summed E-state index contributed by atoms with van der Waals surface area (Å²) < 4.78 is 5.65. The Morgan fingerprint density at radius 2 is 1.89 bits per heavy atom. The van der Waals surface area contributed by atoms with E-state index in [-0.39, 0.29) is 0 Å². The van der Waals surface area contributed by atoms with Crippen LogP contribution in [0.5, 0.6) is 11.5 Å². The molecule has 1 amide bonds. The van der Waals surface area contributed by atoms with Crippen LogP contribution in [0.1, 0.15) is 15.9 Å². The molecule has 0 aliphatic carbocycles. The highest BCUT2D eigenvalue weighted by Gasteiger charge is 2.09. The summed E-state index contributed by atoms with van der Waals surface area (Å²) in [6.45, 7) is 1.93. The van der Waals surface area contributed by atoms with Crippen LogP contribution in [0.4, 0.5) is 5.69 Å². The smallest absolute Gasteiger partial charge is 0.248 e. The summed E-state index contributed by atoms with van der Waals surface area (Å²) in [4.78, 5) is 11.0. The Labute approximate surface area is 115 Å². The first-order chi connectivity index (χ1) is 8.97. The highest BCUT2D eigenvalue weighted by molar-refractivity contribution is 6.32. The largest absolute Gasteiger partial charge is 0.454 e. The third-order valence-corrected chi connectivity index (χ3v) is 2.91. The molecule has 2 aromatic carbocycles. The molecule has 0 aliphatic rings. The topological polar surface area (TPSA) is 78.3 Å². The first kappa shape index (κ1) is 13.2. The Kier molecular flexibility index (Phi) is 3.62. The fourth-order valence-electron chi connectivity index (χ4n) is 1.60. The highest BCUT2D eigenvalue weighted by atomic mass is 35.5. The van der Waals surface area contributed by atoms with Gasteiger partial charge in [0.15, 0.2) is 0 Å². The maximum atomic E-state index is 11.0. The second-order valence-electron chi connectivity index (χ2n) is 4.15. The number of hydrogen-bond donors (Lipinski definition) is 2. The molecule has 4 nitrogen and oxygen atoms in total. The van der Waals surface area contributed by atoms with E-state index in [9.17, 15) is 4.79 Å². The van der Waals surface area contributed by atoms with Crippen LogP contribution in [0.3, 0.4) is 0 Å². The number of nitrogen functional groups attached to an aromatic ring is 1. The average Bonchev–Trinajstić information content (AvgIpc) is 2.36. The van der Waals surface area contributed by atoms with Crippen molar-refractivity contribution in [1.82, 2.24) is 0 Å². The van der Waals surface area contributed by atoms with Gasteiger partial charge < -0.3 is 16.2 Å². The number of carbonyl (C=O) groups is 1. The quantitative estimate of drug-likeness (QED) is 0.846. The molecule has 0 heterocycles. The minimum absolute atomic E-state index is 0.328. The third-order valence-electron chi connectivity index (χ3n) is 2.60. The molecule has 4 N–H and O–H groups in total. The molecular formula is C14H13ClN2O2. The van der Waals surface area contributed by atoms with E-state index in [2.05, 4.69) is 0 Å². The zero-order valence-electron chi connectivity index (χ0n) is 10.3. The van der Waals surface area contributed by atoms with Gasteiger partial charge in [0.25, 0.3) is 0 Å². The van der Waals surface area contributed by atoms with Crippen LogP contribution < -0.4 is 16.2 Å². The first-order valence-electron chi connectivity index (χ1n) is 5.60. The zero-order valence-corrected chi connectivity index (χ0v) is 11.1. The molecule has 0 atom stereocenters. The summed E-state index contributed by atoms with van der Waals surface area (Å²) in [5.74, 6) is 0.407. The van der Waals surface area contributed by atoms with Gasteiger partial charge in [-0.15, -0.1) is 0 Å². The molecule has 2 rings (SSSR count). The Morgan fingerprint density at radius 1 is 1.16 bits per heavy atom. The van der Waals surface area contributed by atoms with Crippen molar-refractivity contribution < 1.29 is 9.53 Å². The number of primary amides is 1. The lowest BCUT2D eigenvalue weighted by Gasteiger charge is -2.11. The molecule has 0 radical (unpaired) electrons. The second-order valence-corrected chi connectivity index (χ2v) is 4.56. The fraction of sp³-hybridized carbons (Fsp3) is 0.0714. The van der Waals surface area contributed by atoms with Gasteiger partial charge >= 0.3 is 0 Å². The highest BCUT2D eigenvalue weighted by Crippen LogP contribution is 2.33. The van der Waals surface area contributed by atoms with Crippen molar-refractivity contribution in [3.63, 3.8) is 0 Å². The molecule has 0 saturated carbocycles. The summed E-state index contributed by atoms with van der Waals surface area (Å²) >= 11 is 6.04. The molecule has 98 valence electrons. The van der Waals surface area contributed by atoms with Crippen molar-refractivity contribution in [3.05, 3.63) is 52.5 Å². The lowest BCUT2D eigenvalue weighted by atomic mass is 10.2. The second kappa shape index (κ2) is 5.20. The van der Waals surface area contributed by atoms with Crippen molar-refractivity contribution in [2.45, 2.75) is 6.92 Å². The maximum absolute atomic E-state index is 11.0. The van der Waals surface area contributed by atoms with E-state index in [1.54, 1.807) is 18.2 Å². The van der Waals surface area contributed by atoms with Crippen LogP contribution in [0.25, 0.3) is 0 Å². The van der Waals surface area contributed by atoms with Crippen LogP contribution >= 0.6 is 11.6 Å². The molecule has 0 saturated heterocycles. The fourth-order valence-corrected chi connectivity index (χ4v) is 1.76. The normalized spacial score (nSPS) is 10.2. The number of aryl methyl sites for hydroxylation is 1. The molecule has 0 fully saturated rings. The zero-order chi connectivity index (χ0) is 14.0. The molecule has 0 aromatic heterocycles. The van der Waals surface area contributed by atoms with Gasteiger partial charge in [0.2, 0.25) is 5.91 Å². The van der Waals surface area contributed by atoms with Gasteiger partial charge in [0.1, 0.15) is 11.5 Å².